The molecule has 0 aliphatic heterocycles. The average Bonchev–Trinajstić information content (AvgIpc) is 2.84. The lowest BCUT2D eigenvalue weighted by molar-refractivity contribution is 0.368. The number of aryl methyl sites for hydroxylation is 3. The molecule has 0 amide bonds. The molecule has 0 atom stereocenters. The Hall–Kier alpha value is -1.33. The van der Waals surface area contributed by atoms with Gasteiger partial charge in [0.15, 0.2) is 0 Å². The Balaban J connectivity index is 2.00. The van der Waals surface area contributed by atoms with Crippen LogP contribution in [0.5, 0.6) is 5.88 Å². The second-order valence-electron chi connectivity index (χ2n) is 4.38. The Morgan fingerprint density at radius 2 is 2.11 bits per heavy atom. The summed E-state index contributed by atoms with van der Waals surface area (Å²) in [7, 11) is 3.58. The molecule has 0 fully saturated rings. The molecule has 0 aliphatic carbocycles. The normalized spacial score (nSPS) is 10.9. The van der Waals surface area contributed by atoms with Crippen molar-refractivity contribution in [1.82, 2.24) is 15.1 Å². The van der Waals surface area contributed by atoms with E-state index in [4.69, 9.17) is 4.74 Å². The molecule has 0 saturated carbocycles. The van der Waals surface area contributed by atoms with E-state index in [1.807, 2.05) is 14.0 Å². The number of thiophene rings is 1. The van der Waals surface area contributed by atoms with Gasteiger partial charge in [0, 0.05) is 20.1 Å². The fourth-order valence-corrected chi connectivity index (χ4v) is 2.89. The first kappa shape index (κ1) is 13.1. The van der Waals surface area contributed by atoms with Crippen molar-refractivity contribution < 1.29 is 4.74 Å². The predicted molar refractivity (Wildman–Crippen MR) is 74.1 cm³/mol. The first-order chi connectivity index (χ1) is 8.63. The highest BCUT2D eigenvalue weighted by molar-refractivity contribution is 7.08. The first-order valence-corrected chi connectivity index (χ1v) is 6.86. The van der Waals surface area contributed by atoms with Crippen LogP contribution in [0.25, 0.3) is 0 Å². The summed E-state index contributed by atoms with van der Waals surface area (Å²) in [4.78, 5) is 0. The Morgan fingerprint density at radius 1 is 1.33 bits per heavy atom. The minimum absolute atomic E-state index is 0.776. The fraction of sp³-hybridized carbons (Fsp3) is 0.462. The molecule has 18 heavy (non-hydrogen) atoms. The fourth-order valence-electron chi connectivity index (χ4n) is 2.03. The van der Waals surface area contributed by atoms with Crippen molar-refractivity contribution in [2.75, 3.05) is 7.11 Å². The lowest BCUT2D eigenvalue weighted by atomic mass is 10.2. The number of rotatable bonds is 5. The third kappa shape index (κ3) is 2.57. The number of nitrogens with zero attached hydrogens (tertiary/aromatic N) is 2. The first-order valence-electron chi connectivity index (χ1n) is 5.92. The Kier molecular flexibility index (Phi) is 4.04. The van der Waals surface area contributed by atoms with Crippen molar-refractivity contribution in [1.29, 1.82) is 0 Å². The molecule has 5 heteroatoms. The number of hydrogen-bond donors (Lipinski definition) is 1. The van der Waals surface area contributed by atoms with Crippen molar-refractivity contribution in [2.24, 2.45) is 7.05 Å². The van der Waals surface area contributed by atoms with Crippen LogP contribution >= 0.6 is 11.3 Å². The average molecular weight is 265 g/mol. The highest BCUT2D eigenvalue weighted by Gasteiger charge is 2.13. The molecule has 0 unspecified atom stereocenters. The molecule has 0 bridgehead atoms. The quantitative estimate of drug-likeness (QED) is 0.902. The van der Waals surface area contributed by atoms with Gasteiger partial charge in [-0.1, -0.05) is 0 Å². The van der Waals surface area contributed by atoms with E-state index < -0.39 is 0 Å². The van der Waals surface area contributed by atoms with E-state index in [9.17, 15) is 0 Å². The lowest BCUT2D eigenvalue weighted by Crippen LogP contribution is -2.14. The molecular formula is C13H19N3OS. The van der Waals surface area contributed by atoms with E-state index in [1.165, 1.54) is 11.1 Å². The largest absolute Gasteiger partial charge is 0.481 e. The van der Waals surface area contributed by atoms with Gasteiger partial charge < -0.3 is 10.1 Å². The van der Waals surface area contributed by atoms with Crippen LogP contribution in [0, 0.1) is 13.8 Å². The summed E-state index contributed by atoms with van der Waals surface area (Å²) >= 11 is 1.75. The Bertz CT molecular complexity index is 530. The van der Waals surface area contributed by atoms with Crippen LogP contribution in [0.1, 0.15) is 22.4 Å². The molecule has 4 nitrogen and oxygen atoms in total. The minimum Gasteiger partial charge on any atom is -0.481 e. The number of aromatic nitrogens is 2. The molecule has 2 heterocycles. The van der Waals surface area contributed by atoms with Crippen LogP contribution in [0.2, 0.25) is 0 Å². The maximum Gasteiger partial charge on any atom is 0.216 e. The molecule has 0 spiro atoms. The maximum atomic E-state index is 5.37. The van der Waals surface area contributed by atoms with E-state index in [1.54, 1.807) is 23.1 Å². The molecule has 2 aromatic heterocycles. The summed E-state index contributed by atoms with van der Waals surface area (Å²) in [5, 5.41) is 12.2. The highest BCUT2D eigenvalue weighted by Crippen LogP contribution is 2.21. The minimum atomic E-state index is 0.776. The summed E-state index contributed by atoms with van der Waals surface area (Å²) in [6.45, 7) is 5.81. The van der Waals surface area contributed by atoms with Gasteiger partial charge in [-0.15, -0.1) is 0 Å². The van der Waals surface area contributed by atoms with Crippen LogP contribution in [0.4, 0.5) is 0 Å². The van der Waals surface area contributed by atoms with Gasteiger partial charge in [-0.05, 0) is 35.7 Å². The SMILES string of the molecule is COc1c(CNCc2cscc2C)c(C)nn1C. The van der Waals surface area contributed by atoms with Crippen LogP contribution in [0.15, 0.2) is 10.8 Å². The number of hydrogen-bond acceptors (Lipinski definition) is 4. The molecule has 2 rings (SSSR count). The van der Waals surface area contributed by atoms with E-state index in [2.05, 4.69) is 28.1 Å². The van der Waals surface area contributed by atoms with E-state index in [0.717, 1.165) is 30.2 Å². The van der Waals surface area contributed by atoms with E-state index in [0.29, 0.717) is 0 Å². The molecule has 0 aromatic carbocycles. The van der Waals surface area contributed by atoms with Crippen molar-refractivity contribution >= 4 is 11.3 Å². The highest BCUT2D eigenvalue weighted by atomic mass is 32.1. The molecular weight excluding hydrogens is 246 g/mol. The monoisotopic (exact) mass is 265 g/mol. The Morgan fingerprint density at radius 3 is 2.72 bits per heavy atom. The van der Waals surface area contributed by atoms with Gasteiger partial charge in [0.25, 0.3) is 0 Å². The van der Waals surface area contributed by atoms with E-state index in [-0.39, 0.29) is 0 Å². The van der Waals surface area contributed by atoms with Gasteiger partial charge in [0.05, 0.1) is 18.4 Å². The van der Waals surface area contributed by atoms with Gasteiger partial charge >= 0.3 is 0 Å². The summed E-state index contributed by atoms with van der Waals surface area (Å²) in [6, 6.07) is 0. The zero-order valence-electron chi connectivity index (χ0n) is 11.3. The van der Waals surface area contributed by atoms with Crippen molar-refractivity contribution in [3.63, 3.8) is 0 Å². The molecule has 0 aliphatic rings. The number of methoxy groups -OCH3 is 1. The third-order valence-electron chi connectivity index (χ3n) is 3.06. The summed E-state index contributed by atoms with van der Waals surface area (Å²) in [6.07, 6.45) is 0. The predicted octanol–water partition coefficient (Wildman–Crippen LogP) is 2.40. The number of nitrogens with one attached hydrogen (secondary N) is 1. The molecule has 0 radical (unpaired) electrons. The second-order valence-corrected chi connectivity index (χ2v) is 5.12. The van der Waals surface area contributed by atoms with Crippen molar-refractivity contribution in [3.8, 4) is 5.88 Å². The standard InChI is InChI=1S/C13H19N3OS/c1-9-7-18-8-11(9)5-14-6-12-10(2)15-16(3)13(12)17-4/h7-8,14H,5-6H2,1-4H3. The van der Waals surface area contributed by atoms with Crippen molar-refractivity contribution in [2.45, 2.75) is 26.9 Å². The van der Waals surface area contributed by atoms with Gasteiger partial charge in [-0.3, -0.25) is 0 Å². The molecule has 98 valence electrons. The van der Waals surface area contributed by atoms with Gasteiger partial charge in [-0.25, -0.2) is 4.68 Å². The topological polar surface area (TPSA) is 39.1 Å². The smallest absolute Gasteiger partial charge is 0.216 e. The maximum absolute atomic E-state index is 5.37. The number of ether oxygens (including phenoxy) is 1. The van der Waals surface area contributed by atoms with Gasteiger partial charge in [-0.2, -0.15) is 16.4 Å². The van der Waals surface area contributed by atoms with Gasteiger partial charge in [0.2, 0.25) is 5.88 Å². The summed E-state index contributed by atoms with van der Waals surface area (Å²) < 4.78 is 7.15. The van der Waals surface area contributed by atoms with Crippen LogP contribution in [-0.2, 0) is 20.1 Å². The summed E-state index contributed by atoms with van der Waals surface area (Å²) in [5.74, 6) is 0.835. The second kappa shape index (κ2) is 5.54. The summed E-state index contributed by atoms with van der Waals surface area (Å²) in [5.41, 5.74) is 4.86. The Labute approximate surface area is 112 Å². The zero-order valence-corrected chi connectivity index (χ0v) is 12.1. The lowest BCUT2D eigenvalue weighted by Gasteiger charge is -2.07. The van der Waals surface area contributed by atoms with Crippen LogP contribution in [0.3, 0.4) is 0 Å². The van der Waals surface area contributed by atoms with Crippen LogP contribution in [-0.4, -0.2) is 16.9 Å². The van der Waals surface area contributed by atoms with Crippen molar-refractivity contribution in [3.05, 3.63) is 33.1 Å². The third-order valence-corrected chi connectivity index (χ3v) is 3.97. The molecule has 0 saturated heterocycles. The van der Waals surface area contributed by atoms with Crippen LogP contribution < -0.4 is 10.1 Å². The molecule has 1 N–H and O–H groups in total. The zero-order chi connectivity index (χ0) is 13.1. The van der Waals surface area contributed by atoms with E-state index >= 15 is 0 Å². The molecule has 2 aromatic rings. The van der Waals surface area contributed by atoms with Gasteiger partial charge in [0.1, 0.15) is 0 Å².